The fraction of sp³-hybridized carbons (Fsp3) is 0.300. The number of anilines is 1. The summed E-state index contributed by atoms with van der Waals surface area (Å²) < 4.78 is 43.6. The van der Waals surface area contributed by atoms with Crippen LogP contribution in [0.1, 0.15) is 29.7 Å². The van der Waals surface area contributed by atoms with Crippen molar-refractivity contribution in [2.24, 2.45) is 7.05 Å². The standard InChI is InChI=1S/C20H20FN3O3S2/c1-12-3-4-13(16(21)7-12)8-19-17(23-29(26,27)14-5-6-14)9-15(20(25)24(19)2)18-10-28-11-22-18/h3-4,7,9-11,14,23H,5-6,8H2,1-2H3. The van der Waals surface area contributed by atoms with Crippen LogP contribution < -0.4 is 10.3 Å². The molecule has 3 aromatic rings. The van der Waals surface area contributed by atoms with Gasteiger partial charge >= 0.3 is 0 Å². The van der Waals surface area contributed by atoms with E-state index in [2.05, 4.69) is 9.71 Å². The van der Waals surface area contributed by atoms with Gasteiger partial charge < -0.3 is 4.57 Å². The zero-order valence-electron chi connectivity index (χ0n) is 16.0. The number of sulfonamides is 1. The molecule has 1 N–H and O–H groups in total. The zero-order chi connectivity index (χ0) is 20.8. The van der Waals surface area contributed by atoms with E-state index in [4.69, 9.17) is 0 Å². The Bertz CT molecular complexity index is 1230. The Labute approximate surface area is 172 Å². The lowest BCUT2D eigenvalue weighted by atomic mass is 10.0. The van der Waals surface area contributed by atoms with Crippen LogP contribution in [0.4, 0.5) is 10.1 Å². The number of hydrogen-bond donors (Lipinski definition) is 1. The molecule has 1 aromatic carbocycles. The summed E-state index contributed by atoms with van der Waals surface area (Å²) in [6.45, 7) is 1.79. The zero-order valence-corrected chi connectivity index (χ0v) is 17.6. The second-order valence-corrected chi connectivity index (χ2v) is 9.95. The SMILES string of the molecule is Cc1ccc(Cc2c(NS(=O)(=O)C3CC3)cc(-c3cscn3)c(=O)n2C)c(F)c1. The average Bonchev–Trinajstić information content (AvgIpc) is 3.40. The molecule has 2 heterocycles. The molecule has 0 amide bonds. The van der Waals surface area contributed by atoms with Crippen molar-refractivity contribution < 1.29 is 12.8 Å². The normalized spacial score (nSPS) is 14.2. The molecular weight excluding hydrogens is 413 g/mol. The molecule has 6 nitrogen and oxygen atoms in total. The minimum atomic E-state index is -3.56. The monoisotopic (exact) mass is 433 g/mol. The topological polar surface area (TPSA) is 81.1 Å². The number of thiazole rings is 1. The predicted octanol–water partition coefficient (Wildman–Crippen LogP) is 3.45. The molecule has 1 aliphatic carbocycles. The Morgan fingerprint density at radius 1 is 1.31 bits per heavy atom. The highest BCUT2D eigenvalue weighted by molar-refractivity contribution is 7.93. The summed E-state index contributed by atoms with van der Waals surface area (Å²) in [6.07, 6.45) is 1.31. The third kappa shape index (κ3) is 3.97. The summed E-state index contributed by atoms with van der Waals surface area (Å²) in [7, 11) is -2.00. The lowest BCUT2D eigenvalue weighted by Crippen LogP contribution is -2.26. The second kappa shape index (κ2) is 7.38. The lowest BCUT2D eigenvalue weighted by molar-refractivity contribution is 0.599. The van der Waals surface area contributed by atoms with E-state index < -0.39 is 21.1 Å². The summed E-state index contributed by atoms with van der Waals surface area (Å²) in [5.74, 6) is -0.392. The maximum absolute atomic E-state index is 14.4. The van der Waals surface area contributed by atoms with Crippen molar-refractivity contribution in [1.82, 2.24) is 9.55 Å². The van der Waals surface area contributed by atoms with Crippen LogP contribution in [0.2, 0.25) is 0 Å². The number of nitrogens with zero attached hydrogens (tertiary/aromatic N) is 2. The summed E-state index contributed by atoms with van der Waals surface area (Å²) >= 11 is 1.35. The number of nitrogens with one attached hydrogen (secondary N) is 1. The molecule has 152 valence electrons. The van der Waals surface area contributed by atoms with Crippen molar-refractivity contribution in [3.8, 4) is 11.3 Å². The quantitative estimate of drug-likeness (QED) is 0.646. The molecule has 2 aromatic heterocycles. The van der Waals surface area contributed by atoms with Crippen molar-refractivity contribution in [3.05, 3.63) is 68.1 Å². The van der Waals surface area contributed by atoms with Gasteiger partial charge in [-0.3, -0.25) is 9.52 Å². The maximum Gasteiger partial charge on any atom is 0.260 e. The molecule has 0 unspecified atom stereocenters. The van der Waals surface area contributed by atoms with Crippen molar-refractivity contribution in [3.63, 3.8) is 0 Å². The molecule has 1 aliphatic rings. The van der Waals surface area contributed by atoms with E-state index in [0.29, 0.717) is 35.4 Å². The smallest absolute Gasteiger partial charge is 0.260 e. The van der Waals surface area contributed by atoms with Crippen LogP contribution in [0.25, 0.3) is 11.3 Å². The van der Waals surface area contributed by atoms with Gasteiger partial charge in [0.1, 0.15) is 5.82 Å². The van der Waals surface area contributed by atoms with E-state index in [1.807, 2.05) is 0 Å². The first-order valence-electron chi connectivity index (χ1n) is 9.14. The van der Waals surface area contributed by atoms with Crippen LogP contribution in [0.15, 0.2) is 40.0 Å². The van der Waals surface area contributed by atoms with Crippen LogP contribution in [-0.4, -0.2) is 23.2 Å². The van der Waals surface area contributed by atoms with Gasteiger partial charge in [-0.05, 0) is 43.0 Å². The van der Waals surface area contributed by atoms with Gasteiger partial charge in [0.05, 0.1) is 27.7 Å². The summed E-state index contributed by atoms with van der Waals surface area (Å²) in [6, 6.07) is 6.38. The summed E-state index contributed by atoms with van der Waals surface area (Å²) in [4.78, 5) is 17.1. The Morgan fingerprint density at radius 3 is 2.69 bits per heavy atom. The number of halogens is 1. The molecule has 0 aliphatic heterocycles. The minimum absolute atomic E-state index is 0.0811. The highest BCUT2D eigenvalue weighted by atomic mass is 32.2. The molecule has 29 heavy (non-hydrogen) atoms. The second-order valence-electron chi connectivity index (χ2n) is 7.27. The number of pyridine rings is 1. The third-order valence-corrected chi connectivity index (χ3v) is 7.47. The van der Waals surface area contributed by atoms with Crippen LogP contribution in [0.3, 0.4) is 0 Å². The molecule has 0 atom stereocenters. The van der Waals surface area contributed by atoms with Crippen molar-refractivity contribution in [2.75, 3.05) is 4.72 Å². The van der Waals surface area contributed by atoms with E-state index in [1.165, 1.54) is 28.0 Å². The van der Waals surface area contributed by atoms with Crippen molar-refractivity contribution in [1.29, 1.82) is 0 Å². The van der Waals surface area contributed by atoms with Gasteiger partial charge in [-0.1, -0.05) is 12.1 Å². The molecule has 0 radical (unpaired) electrons. The molecule has 9 heteroatoms. The van der Waals surface area contributed by atoms with E-state index >= 15 is 0 Å². The van der Waals surface area contributed by atoms with Crippen LogP contribution in [-0.2, 0) is 23.5 Å². The van der Waals surface area contributed by atoms with Gasteiger partial charge in [0.15, 0.2) is 0 Å². The summed E-state index contributed by atoms with van der Waals surface area (Å²) in [5, 5.41) is 1.31. The first-order chi connectivity index (χ1) is 13.8. The Kier molecular flexibility index (Phi) is 5.04. The number of hydrogen-bond acceptors (Lipinski definition) is 5. The molecule has 0 spiro atoms. The van der Waals surface area contributed by atoms with E-state index in [0.717, 1.165) is 5.56 Å². The molecule has 1 fully saturated rings. The first-order valence-corrected chi connectivity index (χ1v) is 11.6. The fourth-order valence-corrected chi connectivity index (χ4v) is 5.15. The first kappa shape index (κ1) is 19.8. The molecule has 0 bridgehead atoms. The van der Waals surface area contributed by atoms with Crippen molar-refractivity contribution in [2.45, 2.75) is 31.4 Å². The Morgan fingerprint density at radius 2 is 2.07 bits per heavy atom. The van der Waals surface area contributed by atoms with E-state index in [9.17, 15) is 17.6 Å². The third-order valence-electron chi connectivity index (χ3n) is 5.03. The van der Waals surface area contributed by atoms with Gasteiger partial charge in [-0.2, -0.15) is 0 Å². The lowest BCUT2D eigenvalue weighted by Gasteiger charge is -2.18. The molecule has 4 rings (SSSR count). The number of aryl methyl sites for hydroxylation is 1. The average molecular weight is 434 g/mol. The Hall–Kier alpha value is -2.52. The molecular formula is C20H20FN3O3S2. The molecule has 0 saturated heterocycles. The van der Waals surface area contributed by atoms with Crippen LogP contribution >= 0.6 is 11.3 Å². The maximum atomic E-state index is 14.4. The van der Waals surface area contributed by atoms with Gasteiger partial charge in [-0.25, -0.2) is 17.8 Å². The number of rotatable bonds is 6. The minimum Gasteiger partial charge on any atom is -0.313 e. The van der Waals surface area contributed by atoms with Gasteiger partial charge in [-0.15, -0.1) is 11.3 Å². The number of aromatic nitrogens is 2. The van der Waals surface area contributed by atoms with Crippen LogP contribution in [0, 0.1) is 12.7 Å². The molecule has 1 saturated carbocycles. The van der Waals surface area contributed by atoms with E-state index in [1.54, 1.807) is 37.0 Å². The largest absolute Gasteiger partial charge is 0.313 e. The van der Waals surface area contributed by atoms with Crippen LogP contribution in [0.5, 0.6) is 0 Å². The van der Waals surface area contributed by atoms with Gasteiger partial charge in [0, 0.05) is 24.5 Å². The van der Waals surface area contributed by atoms with Gasteiger partial charge in [0.2, 0.25) is 10.0 Å². The van der Waals surface area contributed by atoms with Gasteiger partial charge in [0.25, 0.3) is 5.56 Å². The summed E-state index contributed by atoms with van der Waals surface area (Å²) in [5.41, 5.74) is 3.94. The highest BCUT2D eigenvalue weighted by Crippen LogP contribution is 2.32. The highest BCUT2D eigenvalue weighted by Gasteiger charge is 2.36. The van der Waals surface area contributed by atoms with Crippen molar-refractivity contribution >= 4 is 27.0 Å². The number of benzene rings is 1. The fourth-order valence-electron chi connectivity index (χ4n) is 3.20. The predicted molar refractivity (Wildman–Crippen MR) is 112 cm³/mol. The van der Waals surface area contributed by atoms with E-state index in [-0.39, 0.29) is 17.7 Å². The Balaban J connectivity index is 1.85.